The van der Waals surface area contributed by atoms with E-state index in [4.69, 9.17) is 0 Å². The Labute approximate surface area is 184 Å². The molecule has 1 unspecified atom stereocenters. The topological polar surface area (TPSA) is 0 Å². The summed E-state index contributed by atoms with van der Waals surface area (Å²) < 4.78 is 0. The van der Waals surface area contributed by atoms with Gasteiger partial charge >= 0.3 is 0 Å². The lowest BCUT2D eigenvalue weighted by atomic mass is 9.69. The van der Waals surface area contributed by atoms with Crippen LogP contribution in [0.1, 0.15) is 118 Å². The van der Waals surface area contributed by atoms with Crippen LogP contribution >= 0.6 is 0 Å². The van der Waals surface area contributed by atoms with Gasteiger partial charge in [-0.15, -0.1) is 13.2 Å². The molecule has 0 aromatic rings. The van der Waals surface area contributed by atoms with Crippen molar-refractivity contribution in [1.29, 1.82) is 0 Å². The van der Waals surface area contributed by atoms with Crippen molar-refractivity contribution < 1.29 is 0 Å². The predicted octanol–water partition coefficient (Wildman–Crippen LogP) is 9.61. The summed E-state index contributed by atoms with van der Waals surface area (Å²) in [5.41, 5.74) is 1.35. The van der Waals surface area contributed by atoms with Gasteiger partial charge in [-0.3, -0.25) is 0 Å². The molecule has 0 nitrogen and oxygen atoms in total. The predicted molar refractivity (Wildman–Crippen MR) is 131 cm³/mol. The summed E-state index contributed by atoms with van der Waals surface area (Å²) >= 11 is 0. The zero-order valence-electron chi connectivity index (χ0n) is 20.4. The van der Waals surface area contributed by atoms with E-state index in [1.54, 1.807) is 0 Å². The number of rotatable bonds is 6. The first-order chi connectivity index (χ1) is 13.9. The number of allylic oxidation sites excluding steroid dienone is 2. The maximum atomic E-state index is 3.98. The SMILES string of the molecule is C=C(C)CCC(C)C1CCC(C)CC1.C=CC1CCC(C2CCC(C)CC2)CC1. The first kappa shape index (κ1) is 24.7. The van der Waals surface area contributed by atoms with Gasteiger partial charge in [0.2, 0.25) is 0 Å². The molecule has 0 aromatic heterocycles. The lowest BCUT2D eigenvalue weighted by Gasteiger charge is -2.36. The van der Waals surface area contributed by atoms with Crippen molar-refractivity contribution in [1.82, 2.24) is 0 Å². The highest BCUT2D eigenvalue weighted by Gasteiger charge is 2.29. The van der Waals surface area contributed by atoms with Crippen LogP contribution in [-0.2, 0) is 0 Å². The van der Waals surface area contributed by atoms with Crippen LogP contribution in [0.5, 0.6) is 0 Å². The standard InChI is InChI=1S/C15H26.C14H26/c1-3-13-6-10-15(11-7-13)14-8-4-12(2)5-9-14;1-11(2)5-8-13(4)14-9-6-12(3)7-10-14/h3,12-15H,1,4-11H2,2H3;12-14H,1,5-10H2,2-4H3. The van der Waals surface area contributed by atoms with Crippen LogP contribution in [0.2, 0.25) is 0 Å². The Hall–Kier alpha value is -0.520. The van der Waals surface area contributed by atoms with Crippen LogP contribution in [0.25, 0.3) is 0 Å². The van der Waals surface area contributed by atoms with E-state index < -0.39 is 0 Å². The Bertz CT molecular complexity index is 450. The van der Waals surface area contributed by atoms with Gasteiger partial charge in [-0.25, -0.2) is 0 Å². The van der Waals surface area contributed by atoms with E-state index in [0.29, 0.717) is 0 Å². The Morgan fingerprint density at radius 2 is 1.24 bits per heavy atom. The van der Waals surface area contributed by atoms with Crippen LogP contribution in [0, 0.1) is 41.4 Å². The zero-order chi connectivity index (χ0) is 21.2. The third kappa shape index (κ3) is 9.02. The van der Waals surface area contributed by atoms with E-state index in [9.17, 15) is 0 Å². The van der Waals surface area contributed by atoms with Crippen LogP contribution in [0.15, 0.2) is 24.8 Å². The molecule has 29 heavy (non-hydrogen) atoms. The highest BCUT2D eigenvalue weighted by Crippen LogP contribution is 2.41. The maximum Gasteiger partial charge on any atom is -0.0236 e. The van der Waals surface area contributed by atoms with Crippen molar-refractivity contribution in [2.45, 2.75) is 118 Å². The highest BCUT2D eigenvalue weighted by atomic mass is 14.3. The van der Waals surface area contributed by atoms with E-state index in [0.717, 1.165) is 41.4 Å². The molecule has 3 aliphatic rings. The summed E-state index contributed by atoms with van der Waals surface area (Å²) in [6, 6.07) is 0. The van der Waals surface area contributed by atoms with Crippen LogP contribution in [-0.4, -0.2) is 0 Å². The summed E-state index contributed by atoms with van der Waals surface area (Å²) in [7, 11) is 0. The molecule has 3 rings (SSSR count). The van der Waals surface area contributed by atoms with Crippen LogP contribution < -0.4 is 0 Å². The molecule has 0 N–H and O–H groups in total. The Morgan fingerprint density at radius 3 is 1.69 bits per heavy atom. The lowest BCUT2D eigenvalue weighted by molar-refractivity contribution is 0.160. The van der Waals surface area contributed by atoms with Gasteiger partial charge in [-0.2, -0.15) is 0 Å². The molecule has 3 fully saturated rings. The van der Waals surface area contributed by atoms with Crippen molar-refractivity contribution in [3.8, 4) is 0 Å². The third-order valence-corrected chi connectivity index (χ3v) is 8.77. The molecule has 0 heteroatoms. The van der Waals surface area contributed by atoms with Crippen molar-refractivity contribution in [3.05, 3.63) is 24.8 Å². The second-order valence-corrected chi connectivity index (χ2v) is 11.4. The van der Waals surface area contributed by atoms with Gasteiger partial charge in [0.05, 0.1) is 0 Å². The molecule has 3 aliphatic carbocycles. The van der Waals surface area contributed by atoms with E-state index in [2.05, 4.69) is 46.9 Å². The molecule has 1 atom stereocenters. The van der Waals surface area contributed by atoms with Gasteiger partial charge in [0, 0.05) is 0 Å². The molecule has 0 saturated heterocycles. The van der Waals surface area contributed by atoms with Crippen LogP contribution in [0.4, 0.5) is 0 Å². The smallest absolute Gasteiger partial charge is 0.0236 e. The minimum Gasteiger partial charge on any atom is -0.103 e. The summed E-state index contributed by atoms with van der Waals surface area (Å²) in [6.45, 7) is 17.3. The van der Waals surface area contributed by atoms with E-state index >= 15 is 0 Å². The fourth-order valence-corrected chi connectivity index (χ4v) is 6.17. The van der Waals surface area contributed by atoms with Gasteiger partial charge in [0.25, 0.3) is 0 Å². The monoisotopic (exact) mass is 400 g/mol. The highest BCUT2D eigenvalue weighted by molar-refractivity contribution is 4.89. The van der Waals surface area contributed by atoms with Crippen molar-refractivity contribution in [2.24, 2.45) is 41.4 Å². The fraction of sp³-hybridized carbons (Fsp3) is 0.862. The van der Waals surface area contributed by atoms with E-state index in [1.807, 2.05) is 0 Å². The van der Waals surface area contributed by atoms with E-state index in [-0.39, 0.29) is 0 Å². The van der Waals surface area contributed by atoms with Gasteiger partial charge in [-0.05, 0) is 113 Å². The third-order valence-electron chi connectivity index (χ3n) is 8.77. The minimum absolute atomic E-state index is 0.837. The molecule has 0 aliphatic heterocycles. The molecule has 0 spiro atoms. The Morgan fingerprint density at radius 1 is 0.793 bits per heavy atom. The molecular weight excluding hydrogens is 348 g/mol. The molecule has 168 valence electrons. The summed E-state index contributed by atoms with van der Waals surface area (Å²) in [4.78, 5) is 0. The molecule has 0 aromatic carbocycles. The number of hydrogen-bond acceptors (Lipinski definition) is 0. The van der Waals surface area contributed by atoms with Gasteiger partial charge < -0.3 is 0 Å². The second-order valence-electron chi connectivity index (χ2n) is 11.4. The van der Waals surface area contributed by atoms with Gasteiger partial charge in [0.15, 0.2) is 0 Å². The van der Waals surface area contributed by atoms with Gasteiger partial charge in [-0.1, -0.05) is 58.1 Å². The average molecular weight is 401 g/mol. The fourth-order valence-electron chi connectivity index (χ4n) is 6.17. The first-order valence-electron chi connectivity index (χ1n) is 13.2. The molecule has 0 bridgehead atoms. The summed E-state index contributed by atoms with van der Waals surface area (Å²) in [6.07, 6.45) is 22.4. The Balaban J connectivity index is 0.000000208. The van der Waals surface area contributed by atoms with Crippen molar-refractivity contribution in [2.75, 3.05) is 0 Å². The van der Waals surface area contributed by atoms with Crippen molar-refractivity contribution in [3.63, 3.8) is 0 Å². The average Bonchev–Trinajstić information content (AvgIpc) is 2.73. The quantitative estimate of drug-likeness (QED) is 0.389. The normalized spacial score (nSPS) is 36.4. The van der Waals surface area contributed by atoms with Crippen LogP contribution in [0.3, 0.4) is 0 Å². The zero-order valence-corrected chi connectivity index (χ0v) is 20.4. The Kier molecular flexibility index (Phi) is 11.1. The van der Waals surface area contributed by atoms with Gasteiger partial charge in [0.1, 0.15) is 0 Å². The second kappa shape index (κ2) is 13.0. The lowest BCUT2D eigenvalue weighted by Crippen LogP contribution is -2.24. The molecule has 0 radical (unpaired) electrons. The first-order valence-corrected chi connectivity index (χ1v) is 13.2. The summed E-state index contributed by atoms with van der Waals surface area (Å²) in [5.74, 6) is 6.89. The minimum atomic E-state index is 0.837. The van der Waals surface area contributed by atoms with E-state index in [1.165, 1.54) is 95.5 Å². The molecule has 0 amide bonds. The maximum absolute atomic E-state index is 3.98. The molecule has 0 heterocycles. The molecule has 3 saturated carbocycles. The van der Waals surface area contributed by atoms with Crippen molar-refractivity contribution >= 4 is 0 Å². The summed E-state index contributed by atoms with van der Waals surface area (Å²) in [5, 5.41) is 0. The number of hydrogen-bond donors (Lipinski definition) is 0. The largest absolute Gasteiger partial charge is 0.103 e. The molecular formula is C29H52.